The van der Waals surface area contributed by atoms with Crippen LogP contribution >= 0.6 is 0 Å². The molecule has 0 radical (unpaired) electrons. The number of rotatable bonds is 7. The molecule has 0 spiro atoms. The second kappa shape index (κ2) is 9.99. The molecule has 0 aliphatic carbocycles. The van der Waals surface area contributed by atoms with Gasteiger partial charge in [-0.05, 0) is 31.2 Å². The Hall–Kier alpha value is -2.31. The maximum Gasteiger partial charge on any atom is 0.222 e. The quantitative estimate of drug-likeness (QED) is 0.506. The Bertz CT molecular complexity index is 616. The number of carbonyl (C=O) groups excluding carboxylic acids is 1. The Morgan fingerprint density at radius 3 is 2.96 bits per heavy atom. The van der Waals surface area contributed by atoms with Crippen LogP contribution in [0.4, 0.5) is 5.82 Å². The molecule has 1 aliphatic heterocycles. The summed E-state index contributed by atoms with van der Waals surface area (Å²) in [5.74, 6) is 2.04. The van der Waals surface area contributed by atoms with Crippen LogP contribution in [0.2, 0.25) is 0 Å². The van der Waals surface area contributed by atoms with Gasteiger partial charge in [0.25, 0.3) is 0 Å². The number of pyridine rings is 1. The zero-order valence-electron chi connectivity index (χ0n) is 16.2. The predicted molar refractivity (Wildman–Crippen MR) is 106 cm³/mol. The first-order valence-corrected chi connectivity index (χ1v) is 9.44. The van der Waals surface area contributed by atoms with Crippen LogP contribution in [-0.4, -0.2) is 43.5 Å². The second-order valence-corrected chi connectivity index (χ2v) is 7.21. The van der Waals surface area contributed by atoms with E-state index in [2.05, 4.69) is 45.4 Å². The molecular formula is C19H32N6O. The first-order chi connectivity index (χ1) is 12.5. The van der Waals surface area contributed by atoms with Crippen molar-refractivity contribution in [2.75, 3.05) is 31.6 Å². The van der Waals surface area contributed by atoms with E-state index in [-0.39, 0.29) is 11.8 Å². The van der Waals surface area contributed by atoms with Crippen molar-refractivity contribution in [1.82, 2.24) is 15.6 Å². The zero-order valence-corrected chi connectivity index (χ0v) is 16.2. The third kappa shape index (κ3) is 5.89. The molecule has 0 bridgehead atoms. The van der Waals surface area contributed by atoms with Gasteiger partial charge >= 0.3 is 0 Å². The van der Waals surface area contributed by atoms with E-state index in [0.717, 1.165) is 49.7 Å². The summed E-state index contributed by atoms with van der Waals surface area (Å²) < 4.78 is 0. The van der Waals surface area contributed by atoms with Crippen LogP contribution in [0.1, 0.15) is 38.7 Å². The lowest BCUT2D eigenvalue weighted by atomic mass is 9.97. The standard InChI is InChI=1S/C19H32N6O/c1-14(2)8-10-23-19(21-3)24-12-15-6-4-9-22-18(15)25-11-5-7-16(13-25)17(20)26/h4,6,9,14,16H,5,7-8,10-13H2,1-3H3,(H2,20,26)(H2,21,23,24). The van der Waals surface area contributed by atoms with Gasteiger partial charge in [-0.1, -0.05) is 19.9 Å². The van der Waals surface area contributed by atoms with Gasteiger partial charge in [0.1, 0.15) is 5.82 Å². The highest BCUT2D eigenvalue weighted by atomic mass is 16.1. The van der Waals surface area contributed by atoms with Gasteiger partial charge in [-0.15, -0.1) is 0 Å². The Morgan fingerprint density at radius 1 is 1.46 bits per heavy atom. The van der Waals surface area contributed by atoms with Crippen molar-refractivity contribution >= 4 is 17.7 Å². The summed E-state index contributed by atoms with van der Waals surface area (Å²) in [6.45, 7) is 7.47. The maximum absolute atomic E-state index is 11.6. The van der Waals surface area contributed by atoms with Gasteiger partial charge in [0.05, 0.1) is 5.92 Å². The normalized spacial score (nSPS) is 18.1. The highest BCUT2D eigenvalue weighted by Crippen LogP contribution is 2.24. The van der Waals surface area contributed by atoms with Gasteiger partial charge in [0.15, 0.2) is 5.96 Å². The molecule has 1 fully saturated rings. The minimum Gasteiger partial charge on any atom is -0.369 e. The third-order valence-electron chi connectivity index (χ3n) is 4.67. The van der Waals surface area contributed by atoms with Crippen molar-refractivity contribution in [3.05, 3.63) is 23.9 Å². The lowest BCUT2D eigenvalue weighted by molar-refractivity contribution is -0.122. The van der Waals surface area contributed by atoms with Crippen LogP contribution in [0.5, 0.6) is 0 Å². The lowest BCUT2D eigenvalue weighted by Gasteiger charge is -2.33. The zero-order chi connectivity index (χ0) is 18.9. The number of amides is 1. The van der Waals surface area contributed by atoms with E-state index in [4.69, 9.17) is 5.73 Å². The number of primary amides is 1. The molecule has 1 unspecified atom stereocenters. The van der Waals surface area contributed by atoms with E-state index in [1.54, 1.807) is 13.2 Å². The minimum atomic E-state index is -0.222. The number of hydrogen-bond acceptors (Lipinski definition) is 4. The van der Waals surface area contributed by atoms with Crippen LogP contribution < -0.4 is 21.3 Å². The smallest absolute Gasteiger partial charge is 0.222 e. The molecule has 1 saturated heterocycles. The van der Waals surface area contributed by atoms with Gasteiger partial charge in [0, 0.05) is 45.0 Å². The summed E-state index contributed by atoms with van der Waals surface area (Å²) >= 11 is 0. The Labute approximate surface area is 156 Å². The van der Waals surface area contributed by atoms with Crippen LogP contribution in [0, 0.1) is 11.8 Å². The fraction of sp³-hybridized carbons (Fsp3) is 0.632. The van der Waals surface area contributed by atoms with Crippen LogP contribution in [0.15, 0.2) is 23.3 Å². The molecule has 2 heterocycles. The second-order valence-electron chi connectivity index (χ2n) is 7.21. The summed E-state index contributed by atoms with van der Waals surface area (Å²) in [7, 11) is 1.77. The number of carbonyl (C=O) groups is 1. The Morgan fingerprint density at radius 2 is 2.27 bits per heavy atom. The summed E-state index contributed by atoms with van der Waals surface area (Å²) in [4.78, 5) is 22.6. The monoisotopic (exact) mass is 360 g/mol. The van der Waals surface area contributed by atoms with Gasteiger partial charge in [-0.3, -0.25) is 9.79 Å². The van der Waals surface area contributed by atoms with Crippen molar-refractivity contribution in [2.24, 2.45) is 22.6 Å². The summed E-state index contributed by atoms with van der Waals surface area (Å²) in [6, 6.07) is 4.00. The molecule has 1 aliphatic rings. The van der Waals surface area contributed by atoms with Crippen molar-refractivity contribution in [3.63, 3.8) is 0 Å². The number of nitrogens with two attached hydrogens (primary N) is 1. The SMILES string of the molecule is CN=C(NCCC(C)C)NCc1cccnc1N1CCCC(C(N)=O)C1. The molecule has 4 N–H and O–H groups in total. The van der Waals surface area contributed by atoms with E-state index < -0.39 is 0 Å². The molecule has 0 aromatic carbocycles. The average molecular weight is 361 g/mol. The Balaban J connectivity index is 1.99. The maximum atomic E-state index is 11.6. The number of guanidine groups is 1. The first-order valence-electron chi connectivity index (χ1n) is 9.44. The van der Waals surface area contributed by atoms with E-state index in [0.29, 0.717) is 19.0 Å². The van der Waals surface area contributed by atoms with E-state index in [1.165, 1.54) is 0 Å². The summed E-state index contributed by atoms with van der Waals surface area (Å²) in [6.07, 6.45) is 4.71. The fourth-order valence-electron chi connectivity index (χ4n) is 3.13. The number of hydrogen-bond donors (Lipinski definition) is 3. The largest absolute Gasteiger partial charge is 0.369 e. The van der Waals surface area contributed by atoms with Gasteiger partial charge in [0.2, 0.25) is 5.91 Å². The molecular weight excluding hydrogens is 328 g/mol. The molecule has 1 aromatic rings. The molecule has 7 heteroatoms. The first kappa shape index (κ1) is 20.0. The molecule has 1 atom stereocenters. The number of aliphatic imine (C=N–C) groups is 1. The summed E-state index contributed by atoms with van der Waals surface area (Å²) in [5, 5.41) is 6.69. The van der Waals surface area contributed by atoms with Crippen molar-refractivity contribution < 1.29 is 4.79 Å². The Kier molecular flexibility index (Phi) is 7.69. The number of nitrogens with one attached hydrogen (secondary N) is 2. The molecule has 26 heavy (non-hydrogen) atoms. The molecule has 1 aromatic heterocycles. The van der Waals surface area contributed by atoms with Crippen molar-refractivity contribution in [3.8, 4) is 0 Å². The van der Waals surface area contributed by atoms with Crippen LogP contribution in [0.25, 0.3) is 0 Å². The number of aromatic nitrogens is 1. The number of anilines is 1. The number of nitrogens with zero attached hydrogens (tertiary/aromatic N) is 3. The lowest BCUT2D eigenvalue weighted by Crippen LogP contribution is -2.42. The van der Waals surface area contributed by atoms with Gasteiger partial charge in [-0.25, -0.2) is 4.98 Å². The van der Waals surface area contributed by atoms with Crippen molar-refractivity contribution in [1.29, 1.82) is 0 Å². The molecule has 1 amide bonds. The topological polar surface area (TPSA) is 95.6 Å². The number of piperidine rings is 1. The summed E-state index contributed by atoms with van der Waals surface area (Å²) in [5.41, 5.74) is 6.59. The van der Waals surface area contributed by atoms with E-state index >= 15 is 0 Å². The van der Waals surface area contributed by atoms with Crippen LogP contribution in [-0.2, 0) is 11.3 Å². The minimum absolute atomic E-state index is 0.1000. The predicted octanol–water partition coefficient (Wildman–Crippen LogP) is 1.49. The average Bonchev–Trinajstić information content (AvgIpc) is 2.64. The van der Waals surface area contributed by atoms with Gasteiger partial charge < -0.3 is 21.3 Å². The third-order valence-corrected chi connectivity index (χ3v) is 4.67. The van der Waals surface area contributed by atoms with Gasteiger partial charge in [-0.2, -0.15) is 0 Å². The van der Waals surface area contributed by atoms with E-state index in [1.807, 2.05) is 6.07 Å². The molecule has 2 rings (SSSR count). The molecule has 0 saturated carbocycles. The highest BCUT2D eigenvalue weighted by molar-refractivity contribution is 5.80. The van der Waals surface area contributed by atoms with E-state index in [9.17, 15) is 4.79 Å². The van der Waals surface area contributed by atoms with Crippen LogP contribution in [0.3, 0.4) is 0 Å². The van der Waals surface area contributed by atoms with Crippen molar-refractivity contribution in [2.45, 2.75) is 39.7 Å². The fourth-order valence-corrected chi connectivity index (χ4v) is 3.13. The highest BCUT2D eigenvalue weighted by Gasteiger charge is 2.25. The molecule has 7 nitrogen and oxygen atoms in total. The molecule has 144 valence electrons.